The van der Waals surface area contributed by atoms with Crippen LogP contribution in [0.5, 0.6) is 0 Å². The normalized spacial score (nSPS) is 16.8. The molecule has 12 heteroatoms. The number of thioether (sulfide) groups is 1. The van der Waals surface area contributed by atoms with Gasteiger partial charge in [0, 0.05) is 35.8 Å². The van der Waals surface area contributed by atoms with Crippen molar-refractivity contribution >= 4 is 51.4 Å². The molecule has 1 atom stereocenters. The number of hydrogen-bond acceptors (Lipinski definition) is 10. The van der Waals surface area contributed by atoms with Gasteiger partial charge in [0.1, 0.15) is 5.76 Å². The van der Waals surface area contributed by atoms with Crippen LogP contribution in [0.25, 0.3) is 5.76 Å². The molecule has 1 aliphatic heterocycles. The molecule has 0 bridgehead atoms. The number of carbonyl (C=O) groups is 2. The molecule has 184 valence electrons. The van der Waals surface area contributed by atoms with Crippen molar-refractivity contribution in [1.82, 2.24) is 15.2 Å². The Bertz CT molecular complexity index is 1510. The molecule has 1 N–H and O–H groups in total. The second kappa shape index (κ2) is 10.3. The number of aromatic nitrogens is 3. The van der Waals surface area contributed by atoms with Crippen LogP contribution >= 0.6 is 23.1 Å². The van der Waals surface area contributed by atoms with E-state index in [2.05, 4.69) is 15.2 Å². The molecule has 0 spiro atoms. The average Bonchev–Trinajstić information content (AvgIpc) is 3.50. The molecule has 1 fully saturated rings. The highest BCUT2D eigenvalue weighted by molar-refractivity contribution is 8.00. The fourth-order valence-corrected chi connectivity index (χ4v) is 5.69. The van der Waals surface area contributed by atoms with Gasteiger partial charge in [0.2, 0.25) is 5.13 Å². The summed E-state index contributed by atoms with van der Waals surface area (Å²) in [6.45, 7) is 0. The quantitative estimate of drug-likeness (QED) is 0.0680. The van der Waals surface area contributed by atoms with Gasteiger partial charge in [0.25, 0.3) is 11.5 Å². The molecule has 5 rings (SSSR count). The second-order valence-electron chi connectivity index (χ2n) is 7.88. The van der Waals surface area contributed by atoms with Crippen LogP contribution in [-0.4, -0.2) is 36.9 Å². The molecule has 2 aromatic heterocycles. The molecule has 1 aliphatic rings. The highest BCUT2D eigenvalue weighted by atomic mass is 32.2. The van der Waals surface area contributed by atoms with E-state index in [1.165, 1.54) is 65.5 Å². The summed E-state index contributed by atoms with van der Waals surface area (Å²) >= 11 is 2.58. The molecule has 1 saturated heterocycles. The predicted molar refractivity (Wildman–Crippen MR) is 138 cm³/mol. The van der Waals surface area contributed by atoms with Crippen LogP contribution in [0.2, 0.25) is 0 Å². The van der Waals surface area contributed by atoms with Crippen LogP contribution in [0, 0.1) is 10.1 Å². The van der Waals surface area contributed by atoms with Crippen LogP contribution in [-0.2, 0) is 15.3 Å². The van der Waals surface area contributed by atoms with Gasteiger partial charge in [-0.25, -0.2) is 0 Å². The Hall–Kier alpha value is -4.42. The largest absolute Gasteiger partial charge is 0.507 e. The van der Waals surface area contributed by atoms with E-state index in [4.69, 9.17) is 0 Å². The summed E-state index contributed by atoms with van der Waals surface area (Å²) in [6.07, 6.45) is 2.90. The van der Waals surface area contributed by atoms with E-state index in [1.54, 1.807) is 0 Å². The number of hydrogen-bond donors (Lipinski definition) is 1. The summed E-state index contributed by atoms with van der Waals surface area (Å²) in [4.78, 5) is 42.2. The van der Waals surface area contributed by atoms with Crippen molar-refractivity contribution in [3.63, 3.8) is 0 Å². The maximum atomic E-state index is 13.2. The molecular formula is C25H17N5O5S2. The predicted octanol–water partition coefficient (Wildman–Crippen LogP) is 4.76. The number of carbonyl (C=O) groups excluding carboxylic acids is 2. The first-order valence-electron chi connectivity index (χ1n) is 10.9. The third-order valence-corrected chi connectivity index (χ3v) is 7.75. The van der Waals surface area contributed by atoms with Crippen molar-refractivity contribution < 1.29 is 19.6 Å². The molecule has 0 aliphatic carbocycles. The Morgan fingerprint density at radius 2 is 1.73 bits per heavy atom. The number of pyridine rings is 1. The zero-order valence-electron chi connectivity index (χ0n) is 18.9. The van der Waals surface area contributed by atoms with E-state index >= 15 is 0 Å². The van der Waals surface area contributed by atoms with Crippen molar-refractivity contribution in [1.29, 1.82) is 0 Å². The Morgan fingerprint density at radius 1 is 1.03 bits per heavy atom. The number of anilines is 1. The zero-order valence-corrected chi connectivity index (χ0v) is 20.6. The van der Waals surface area contributed by atoms with Gasteiger partial charge < -0.3 is 5.11 Å². The first-order chi connectivity index (χ1) is 17.9. The van der Waals surface area contributed by atoms with Gasteiger partial charge in [-0.2, -0.15) is 0 Å². The minimum absolute atomic E-state index is 0.148. The summed E-state index contributed by atoms with van der Waals surface area (Å²) in [7, 11) is 0. The molecule has 0 saturated carbocycles. The number of nitrogens with zero attached hydrogens (tertiary/aromatic N) is 5. The third-order valence-electron chi connectivity index (χ3n) is 5.62. The second-order valence-corrected chi connectivity index (χ2v) is 10.1. The minimum atomic E-state index is -1.06. The smallest absolute Gasteiger partial charge is 0.301 e. The Morgan fingerprint density at radius 3 is 2.41 bits per heavy atom. The number of amides is 1. The van der Waals surface area contributed by atoms with Crippen molar-refractivity contribution in [2.24, 2.45) is 0 Å². The maximum absolute atomic E-state index is 13.2. The van der Waals surface area contributed by atoms with Gasteiger partial charge in [-0.1, -0.05) is 53.4 Å². The summed E-state index contributed by atoms with van der Waals surface area (Å²) in [5.74, 6) is -1.52. The minimum Gasteiger partial charge on any atom is -0.507 e. The number of Topliss-reactive ketones (excluding diaryl/α,β-unsaturated/α-hetero) is 1. The monoisotopic (exact) mass is 531 g/mol. The van der Waals surface area contributed by atoms with Gasteiger partial charge in [-0.05, 0) is 35.4 Å². The number of rotatable bonds is 7. The van der Waals surface area contributed by atoms with Crippen LogP contribution in [0.4, 0.5) is 10.8 Å². The number of aliphatic hydroxyl groups excluding tert-OH is 1. The Balaban J connectivity index is 1.55. The van der Waals surface area contributed by atoms with E-state index in [-0.39, 0.29) is 22.2 Å². The van der Waals surface area contributed by atoms with E-state index < -0.39 is 22.7 Å². The highest BCUT2D eigenvalue weighted by Crippen LogP contribution is 2.44. The molecule has 1 amide bonds. The number of non-ortho nitro benzene ring substituents is 1. The molecule has 2 aromatic carbocycles. The number of nitro benzene ring substituents is 1. The first kappa shape index (κ1) is 24.3. The summed E-state index contributed by atoms with van der Waals surface area (Å²) in [6, 6.07) is 17.2. The number of aliphatic hydroxyl groups is 1. The fourth-order valence-electron chi connectivity index (χ4n) is 3.87. The third kappa shape index (κ3) is 4.84. The maximum Gasteiger partial charge on any atom is 0.301 e. The van der Waals surface area contributed by atoms with Gasteiger partial charge in [0.15, 0.2) is 4.34 Å². The lowest BCUT2D eigenvalue weighted by atomic mass is 9.95. The average molecular weight is 532 g/mol. The van der Waals surface area contributed by atoms with Gasteiger partial charge in [0.05, 0.1) is 16.5 Å². The highest BCUT2D eigenvalue weighted by Gasteiger charge is 2.48. The number of benzene rings is 2. The summed E-state index contributed by atoms with van der Waals surface area (Å²) < 4.78 is 0.595. The van der Waals surface area contributed by atoms with Crippen molar-refractivity contribution in [2.45, 2.75) is 16.1 Å². The molecular weight excluding hydrogens is 514 g/mol. The lowest BCUT2D eigenvalue weighted by molar-refractivity contribution is -0.384. The number of nitro groups is 1. The molecule has 37 heavy (non-hydrogen) atoms. The lowest BCUT2D eigenvalue weighted by Crippen LogP contribution is -2.29. The Labute approximate surface area is 218 Å². The van der Waals surface area contributed by atoms with E-state index in [1.807, 2.05) is 30.3 Å². The molecule has 3 heterocycles. The van der Waals surface area contributed by atoms with Crippen molar-refractivity contribution in [3.05, 3.63) is 112 Å². The number of ketones is 1. The van der Waals surface area contributed by atoms with Gasteiger partial charge in [-0.15, -0.1) is 10.2 Å². The molecule has 10 nitrogen and oxygen atoms in total. The Kier molecular flexibility index (Phi) is 6.75. The zero-order chi connectivity index (χ0) is 25.9. The van der Waals surface area contributed by atoms with E-state index in [0.717, 1.165) is 16.9 Å². The van der Waals surface area contributed by atoms with Crippen molar-refractivity contribution in [3.8, 4) is 0 Å². The van der Waals surface area contributed by atoms with Crippen LogP contribution in [0.3, 0.4) is 0 Å². The topological polar surface area (TPSA) is 139 Å². The standard InChI is InChI=1S/C25H17N5O5S2/c31-21(17-10-12-26-13-11-17)19-20(16-6-8-18(9-7-16)30(34)35)29(23(33)22(19)32)24-27-28-25(37-24)36-14-15-4-2-1-3-5-15/h1-13,20,31H,14H2. The van der Waals surface area contributed by atoms with Crippen LogP contribution in [0.15, 0.2) is 89.0 Å². The molecule has 1 unspecified atom stereocenters. The van der Waals surface area contributed by atoms with Gasteiger partial charge >= 0.3 is 5.91 Å². The summed E-state index contributed by atoms with van der Waals surface area (Å²) in [5, 5.41) is 30.7. The van der Waals surface area contributed by atoms with Gasteiger partial charge in [-0.3, -0.25) is 29.6 Å². The fraction of sp³-hybridized carbons (Fsp3) is 0.0800. The van der Waals surface area contributed by atoms with Crippen molar-refractivity contribution in [2.75, 3.05) is 4.90 Å². The molecule has 4 aromatic rings. The first-order valence-corrected chi connectivity index (χ1v) is 12.7. The van der Waals surface area contributed by atoms with Crippen LogP contribution in [0.1, 0.15) is 22.7 Å². The van der Waals surface area contributed by atoms with Crippen LogP contribution < -0.4 is 4.90 Å². The van der Waals surface area contributed by atoms with E-state index in [9.17, 15) is 24.8 Å². The lowest BCUT2D eigenvalue weighted by Gasteiger charge is -2.22. The van der Waals surface area contributed by atoms with E-state index in [0.29, 0.717) is 21.2 Å². The SMILES string of the molecule is O=C1C(=O)N(c2nnc(SCc3ccccc3)s2)C(c2ccc([N+](=O)[O-])cc2)C1=C(O)c1ccncc1. The summed E-state index contributed by atoms with van der Waals surface area (Å²) in [5.41, 5.74) is 1.49. The molecule has 0 radical (unpaired) electrons.